The molecule has 1 aliphatic rings. The maximum Gasteiger partial charge on any atom is 0.252 e. The molecule has 2 atom stereocenters. The van der Waals surface area contributed by atoms with Crippen LogP contribution in [0.5, 0.6) is 0 Å². The van der Waals surface area contributed by atoms with Gasteiger partial charge in [0.2, 0.25) is 0 Å². The highest BCUT2D eigenvalue weighted by Gasteiger charge is 2.27. The Morgan fingerprint density at radius 3 is 2.67 bits per heavy atom. The normalized spacial score (nSPS) is 22.1. The van der Waals surface area contributed by atoms with E-state index in [2.05, 4.69) is 24.5 Å². The lowest BCUT2D eigenvalue weighted by Crippen LogP contribution is -2.35. The van der Waals surface area contributed by atoms with E-state index in [0.717, 1.165) is 5.69 Å². The van der Waals surface area contributed by atoms with E-state index in [-0.39, 0.29) is 5.91 Å². The largest absolute Gasteiger partial charge is 0.382 e. The van der Waals surface area contributed by atoms with Crippen molar-refractivity contribution < 1.29 is 4.79 Å². The first kappa shape index (κ1) is 16.2. The number of rotatable bonds is 4. The standard InChI is InChI=1S/C17H25ClN2O/c1-11(2)13-6-4-5-7-16(13)20-12-8-9-15(18)14(10-12)17(21)19-3/h8-11,13,16,20H,4-7H2,1-3H3,(H,19,21). The van der Waals surface area contributed by atoms with E-state index >= 15 is 0 Å². The van der Waals surface area contributed by atoms with E-state index in [4.69, 9.17) is 11.6 Å². The number of hydrogen-bond donors (Lipinski definition) is 2. The molecular formula is C17H25ClN2O. The predicted octanol–water partition coefficient (Wildman–Crippen LogP) is 4.33. The van der Waals surface area contributed by atoms with Crippen LogP contribution in [0.1, 0.15) is 49.9 Å². The summed E-state index contributed by atoms with van der Waals surface area (Å²) in [4.78, 5) is 11.8. The van der Waals surface area contributed by atoms with Crippen LogP contribution >= 0.6 is 11.6 Å². The molecule has 0 saturated heterocycles. The van der Waals surface area contributed by atoms with Gasteiger partial charge in [-0.25, -0.2) is 0 Å². The highest BCUT2D eigenvalue weighted by molar-refractivity contribution is 6.34. The number of carbonyl (C=O) groups excluding carboxylic acids is 1. The number of nitrogens with one attached hydrogen (secondary N) is 2. The zero-order chi connectivity index (χ0) is 15.4. The van der Waals surface area contributed by atoms with Crippen molar-refractivity contribution in [1.82, 2.24) is 5.32 Å². The van der Waals surface area contributed by atoms with E-state index in [0.29, 0.717) is 28.5 Å². The zero-order valence-corrected chi connectivity index (χ0v) is 13.8. The van der Waals surface area contributed by atoms with Crippen molar-refractivity contribution in [3.63, 3.8) is 0 Å². The summed E-state index contributed by atoms with van der Waals surface area (Å²) in [6, 6.07) is 6.09. The van der Waals surface area contributed by atoms with Crippen molar-refractivity contribution in [2.75, 3.05) is 12.4 Å². The Kier molecular flexibility index (Phi) is 5.51. The average molecular weight is 309 g/mol. The zero-order valence-electron chi connectivity index (χ0n) is 13.1. The fourth-order valence-electron chi connectivity index (χ4n) is 3.27. The summed E-state index contributed by atoms with van der Waals surface area (Å²) in [5.74, 6) is 1.22. The smallest absolute Gasteiger partial charge is 0.252 e. The van der Waals surface area contributed by atoms with Gasteiger partial charge in [-0.1, -0.05) is 38.3 Å². The molecule has 2 unspecified atom stereocenters. The molecule has 0 spiro atoms. The van der Waals surface area contributed by atoms with Crippen LogP contribution in [0.25, 0.3) is 0 Å². The van der Waals surface area contributed by atoms with Gasteiger partial charge in [0.15, 0.2) is 0 Å². The number of amides is 1. The monoisotopic (exact) mass is 308 g/mol. The molecule has 0 aromatic heterocycles. The lowest BCUT2D eigenvalue weighted by Gasteiger charge is -2.35. The molecule has 2 N–H and O–H groups in total. The third kappa shape index (κ3) is 3.91. The van der Waals surface area contributed by atoms with Crippen LogP contribution in [-0.2, 0) is 0 Å². The van der Waals surface area contributed by atoms with Gasteiger partial charge in [0.25, 0.3) is 5.91 Å². The number of carbonyl (C=O) groups is 1. The highest BCUT2D eigenvalue weighted by Crippen LogP contribution is 2.33. The fraction of sp³-hybridized carbons (Fsp3) is 0.588. The molecule has 2 rings (SSSR count). The van der Waals surface area contributed by atoms with E-state index in [1.807, 2.05) is 12.1 Å². The molecule has 3 nitrogen and oxygen atoms in total. The molecule has 1 aromatic rings. The molecule has 116 valence electrons. The van der Waals surface area contributed by atoms with Crippen LogP contribution in [0.4, 0.5) is 5.69 Å². The molecule has 1 fully saturated rings. The Balaban J connectivity index is 2.16. The summed E-state index contributed by atoms with van der Waals surface area (Å²) in [6.07, 6.45) is 5.08. The lowest BCUT2D eigenvalue weighted by molar-refractivity contribution is 0.0963. The van der Waals surface area contributed by atoms with Crippen LogP contribution in [0.15, 0.2) is 18.2 Å². The molecule has 1 amide bonds. The SMILES string of the molecule is CNC(=O)c1cc(NC2CCCCC2C(C)C)ccc1Cl. The van der Waals surface area contributed by atoms with Gasteiger partial charge in [0.1, 0.15) is 0 Å². The van der Waals surface area contributed by atoms with Crippen LogP contribution in [0.2, 0.25) is 5.02 Å². The Labute approximate surface area is 132 Å². The Hall–Kier alpha value is -1.22. The van der Waals surface area contributed by atoms with Crippen LogP contribution in [0.3, 0.4) is 0 Å². The van der Waals surface area contributed by atoms with Gasteiger partial charge in [-0.05, 0) is 42.9 Å². The molecule has 1 saturated carbocycles. The summed E-state index contributed by atoms with van der Waals surface area (Å²) in [7, 11) is 1.62. The first-order valence-electron chi connectivity index (χ1n) is 7.81. The second-order valence-electron chi connectivity index (χ2n) is 6.22. The van der Waals surface area contributed by atoms with Crippen molar-refractivity contribution in [3.05, 3.63) is 28.8 Å². The third-order valence-electron chi connectivity index (χ3n) is 4.47. The minimum absolute atomic E-state index is 0.146. The number of benzene rings is 1. The first-order valence-corrected chi connectivity index (χ1v) is 8.19. The van der Waals surface area contributed by atoms with Crippen LogP contribution in [-0.4, -0.2) is 19.0 Å². The van der Waals surface area contributed by atoms with Gasteiger partial charge in [0, 0.05) is 18.8 Å². The predicted molar refractivity (Wildman–Crippen MR) is 89.0 cm³/mol. The Morgan fingerprint density at radius 1 is 1.29 bits per heavy atom. The number of anilines is 1. The molecule has 21 heavy (non-hydrogen) atoms. The molecular weight excluding hydrogens is 284 g/mol. The minimum Gasteiger partial charge on any atom is -0.382 e. The molecule has 0 aliphatic heterocycles. The van der Waals surface area contributed by atoms with Gasteiger partial charge in [-0.3, -0.25) is 4.79 Å². The second-order valence-corrected chi connectivity index (χ2v) is 6.62. The maximum absolute atomic E-state index is 11.8. The van der Waals surface area contributed by atoms with E-state index in [9.17, 15) is 4.79 Å². The second kappa shape index (κ2) is 7.17. The summed E-state index contributed by atoms with van der Waals surface area (Å²) >= 11 is 6.10. The van der Waals surface area contributed by atoms with Gasteiger partial charge >= 0.3 is 0 Å². The summed E-state index contributed by atoms with van der Waals surface area (Å²) in [6.45, 7) is 4.59. The Morgan fingerprint density at radius 2 is 2.00 bits per heavy atom. The van der Waals surface area contributed by atoms with E-state index in [1.54, 1.807) is 13.1 Å². The molecule has 1 aromatic carbocycles. The summed E-state index contributed by atoms with van der Waals surface area (Å²) in [5.41, 5.74) is 1.51. The number of hydrogen-bond acceptors (Lipinski definition) is 2. The van der Waals surface area contributed by atoms with Gasteiger partial charge in [-0.15, -0.1) is 0 Å². The minimum atomic E-state index is -0.146. The summed E-state index contributed by atoms with van der Waals surface area (Å²) < 4.78 is 0. The van der Waals surface area contributed by atoms with Crippen LogP contribution < -0.4 is 10.6 Å². The van der Waals surface area contributed by atoms with Gasteiger partial charge < -0.3 is 10.6 Å². The highest BCUT2D eigenvalue weighted by atomic mass is 35.5. The lowest BCUT2D eigenvalue weighted by atomic mass is 9.78. The van der Waals surface area contributed by atoms with Crippen molar-refractivity contribution in [1.29, 1.82) is 0 Å². The molecule has 0 heterocycles. The molecule has 0 radical (unpaired) electrons. The maximum atomic E-state index is 11.8. The summed E-state index contributed by atoms with van der Waals surface area (Å²) in [5, 5.41) is 6.74. The van der Waals surface area contributed by atoms with Gasteiger partial charge in [-0.2, -0.15) is 0 Å². The van der Waals surface area contributed by atoms with Crippen LogP contribution in [0, 0.1) is 11.8 Å². The third-order valence-corrected chi connectivity index (χ3v) is 4.80. The molecule has 1 aliphatic carbocycles. The topological polar surface area (TPSA) is 41.1 Å². The average Bonchev–Trinajstić information content (AvgIpc) is 2.48. The van der Waals surface area contributed by atoms with Crippen molar-refractivity contribution in [2.45, 2.75) is 45.6 Å². The van der Waals surface area contributed by atoms with Crippen molar-refractivity contribution in [3.8, 4) is 0 Å². The van der Waals surface area contributed by atoms with E-state index in [1.165, 1.54) is 25.7 Å². The van der Waals surface area contributed by atoms with Gasteiger partial charge in [0.05, 0.1) is 10.6 Å². The quantitative estimate of drug-likeness (QED) is 0.869. The number of halogens is 1. The van der Waals surface area contributed by atoms with E-state index < -0.39 is 0 Å². The van der Waals surface area contributed by atoms with Crippen molar-refractivity contribution >= 4 is 23.2 Å². The van der Waals surface area contributed by atoms with Crippen molar-refractivity contribution in [2.24, 2.45) is 11.8 Å². The Bertz CT molecular complexity index is 502. The molecule has 0 bridgehead atoms. The fourth-order valence-corrected chi connectivity index (χ4v) is 3.48. The molecule has 4 heteroatoms. The first-order chi connectivity index (χ1) is 10.0.